The summed E-state index contributed by atoms with van der Waals surface area (Å²) < 4.78 is 14.7. The van der Waals surface area contributed by atoms with Gasteiger partial charge in [-0.1, -0.05) is 6.92 Å². The molecule has 1 atom stereocenters. The smallest absolute Gasteiger partial charge is 0.170 e. The van der Waals surface area contributed by atoms with Crippen molar-refractivity contribution >= 4 is 5.82 Å². The average molecular weight is 294 g/mol. The molecule has 1 N–H and O–H groups in total. The van der Waals surface area contributed by atoms with Gasteiger partial charge in [0.15, 0.2) is 11.6 Å². The Morgan fingerprint density at radius 3 is 3.00 bits per heavy atom. The molecule has 0 saturated carbocycles. The van der Waals surface area contributed by atoms with E-state index in [0.29, 0.717) is 24.0 Å². The molecule has 0 spiro atoms. The van der Waals surface area contributed by atoms with Gasteiger partial charge in [0, 0.05) is 37.4 Å². The number of piperidine rings is 1. The van der Waals surface area contributed by atoms with Crippen molar-refractivity contribution in [2.24, 2.45) is 0 Å². The fraction of sp³-hybridized carbons (Fsp3) is 0.688. The van der Waals surface area contributed by atoms with Gasteiger partial charge in [-0.2, -0.15) is 0 Å². The lowest BCUT2D eigenvalue weighted by Gasteiger charge is -2.37. The molecule has 0 amide bonds. The molecule has 1 aromatic rings. The monoisotopic (exact) mass is 294 g/mol. The number of rotatable bonds is 6. The van der Waals surface area contributed by atoms with Crippen molar-refractivity contribution in [2.75, 3.05) is 38.6 Å². The number of nitrogens with zero attached hydrogens (tertiary/aromatic N) is 3. The quantitative estimate of drug-likeness (QED) is 0.816. The number of likely N-dealkylation sites (N-methyl/N-ethyl adjacent to an activating group) is 1. The molecule has 0 aliphatic carbocycles. The first kappa shape index (κ1) is 16.2. The van der Waals surface area contributed by atoms with Crippen molar-refractivity contribution < 1.29 is 4.39 Å². The minimum absolute atomic E-state index is 0.166. The topological polar surface area (TPSA) is 31.4 Å². The maximum Gasteiger partial charge on any atom is 0.170 e. The fourth-order valence-electron chi connectivity index (χ4n) is 2.80. The lowest BCUT2D eigenvalue weighted by molar-refractivity contribution is 0.256. The number of nitrogens with one attached hydrogen (secondary N) is 1. The van der Waals surface area contributed by atoms with Crippen LogP contribution in [0, 0.1) is 5.82 Å². The van der Waals surface area contributed by atoms with Crippen molar-refractivity contribution in [3.63, 3.8) is 0 Å². The van der Waals surface area contributed by atoms with E-state index in [1.807, 2.05) is 0 Å². The van der Waals surface area contributed by atoms with Crippen LogP contribution in [0.1, 0.15) is 31.7 Å². The van der Waals surface area contributed by atoms with Crippen molar-refractivity contribution in [2.45, 2.75) is 38.8 Å². The van der Waals surface area contributed by atoms with E-state index in [9.17, 15) is 4.39 Å². The second kappa shape index (κ2) is 7.71. The second-order valence-corrected chi connectivity index (χ2v) is 5.99. The minimum Gasteiger partial charge on any atom is -0.353 e. The highest BCUT2D eigenvalue weighted by Crippen LogP contribution is 2.24. The van der Waals surface area contributed by atoms with Crippen LogP contribution in [0.5, 0.6) is 0 Å². The van der Waals surface area contributed by atoms with E-state index in [2.05, 4.69) is 41.1 Å². The Labute approximate surface area is 127 Å². The molecule has 2 rings (SSSR count). The maximum absolute atomic E-state index is 14.7. The fourth-order valence-corrected chi connectivity index (χ4v) is 2.80. The summed E-state index contributed by atoms with van der Waals surface area (Å²) in [4.78, 5) is 8.60. The van der Waals surface area contributed by atoms with Crippen molar-refractivity contribution in [3.8, 4) is 0 Å². The van der Waals surface area contributed by atoms with Gasteiger partial charge in [-0.25, -0.2) is 9.37 Å². The first-order valence-electron chi connectivity index (χ1n) is 7.89. The Bertz CT molecular complexity index is 450. The number of aromatic nitrogens is 1. The van der Waals surface area contributed by atoms with E-state index in [4.69, 9.17) is 0 Å². The Hall–Kier alpha value is -1.20. The number of pyridine rings is 1. The first-order chi connectivity index (χ1) is 10.1. The molecule has 118 valence electrons. The van der Waals surface area contributed by atoms with Crippen LogP contribution in [-0.4, -0.2) is 49.7 Å². The van der Waals surface area contributed by atoms with E-state index in [1.54, 1.807) is 12.3 Å². The first-order valence-corrected chi connectivity index (χ1v) is 7.89. The van der Waals surface area contributed by atoms with Gasteiger partial charge in [-0.3, -0.25) is 0 Å². The van der Waals surface area contributed by atoms with Gasteiger partial charge in [0.1, 0.15) is 0 Å². The Balaban J connectivity index is 2.10. The van der Waals surface area contributed by atoms with Crippen LogP contribution in [0.15, 0.2) is 12.3 Å². The number of anilines is 1. The minimum atomic E-state index is -0.166. The van der Waals surface area contributed by atoms with Gasteiger partial charge < -0.3 is 15.1 Å². The van der Waals surface area contributed by atoms with Crippen molar-refractivity contribution in [3.05, 3.63) is 23.6 Å². The molecule has 1 unspecified atom stereocenters. The van der Waals surface area contributed by atoms with Crippen molar-refractivity contribution in [1.82, 2.24) is 15.2 Å². The van der Waals surface area contributed by atoms with Crippen LogP contribution in [0.2, 0.25) is 0 Å². The van der Waals surface area contributed by atoms with Crippen LogP contribution in [0.25, 0.3) is 0 Å². The van der Waals surface area contributed by atoms with Gasteiger partial charge in [0.05, 0.1) is 0 Å². The summed E-state index contributed by atoms with van der Waals surface area (Å²) >= 11 is 0. The predicted molar refractivity (Wildman–Crippen MR) is 85.1 cm³/mol. The second-order valence-electron chi connectivity index (χ2n) is 5.99. The van der Waals surface area contributed by atoms with Crippen LogP contribution in [0.3, 0.4) is 0 Å². The van der Waals surface area contributed by atoms with Crippen LogP contribution < -0.4 is 10.2 Å². The summed E-state index contributed by atoms with van der Waals surface area (Å²) in [5.74, 6) is 0.345. The molecular formula is C16H27FN4. The van der Waals surface area contributed by atoms with Crippen LogP contribution in [0.4, 0.5) is 10.2 Å². The zero-order valence-electron chi connectivity index (χ0n) is 13.4. The summed E-state index contributed by atoms with van der Waals surface area (Å²) in [5.41, 5.74) is 0.709. The van der Waals surface area contributed by atoms with Crippen LogP contribution in [-0.2, 0) is 6.54 Å². The third kappa shape index (κ3) is 4.14. The average Bonchev–Trinajstić information content (AvgIpc) is 2.49. The van der Waals surface area contributed by atoms with Gasteiger partial charge in [-0.05, 0) is 46.0 Å². The third-order valence-corrected chi connectivity index (χ3v) is 4.12. The number of hydrogen-bond donors (Lipinski definition) is 1. The summed E-state index contributed by atoms with van der Waals surface area (Å²) in [5, 5.41) is 3.25. The van der Waals surface area contributed by atoms with Gasteiger partial charge in [-0.15, -0.1) is 0 Å². The third-order valence-electron chi connectivity index (χ3n) is 4.12. The van der Waals surface area contributed by atoms with Gasteiger partial charge >= 0.3 is 0 Å². The number of hydrogen-bond acceptors (Lipinski definition) is 4. The van der Waals surface area contributed by atoms with Gasteiger partial charge in [0.25, 0.3) is 0 Å². The molecule has 1 aliphatic rings. The summed E-state index contributed by atoms with van der Waals surface area (Å²) in [6, 6.07) is 2.25. The van der Waals surface area contributed by atoms with E-state index in [-0.39, 0.29) is 5.82 Å². The lowest BCUT2D eigenvalue weighted by Crippen LogP contribution is -2.45. The highest BCUT2D eigenvalue weighted by Gasteiger charge is 2.24. The van der Waals surface area contributed by atoms with E-state index >= 15 is 0 Å². The maximum atomic E-state index is 14.7. The predicted octanol–water partition coefficient (Wildman–Crippen LogP) is 2.25. The lowest BCUT2D eigenvalue weighted by atomic mass is 10.0. The molecule has 1 saturated heterocycles. The SMILES string of the molecule is CCCNCc1ccnc(N2CCCC(N(C)C)C2)c1F. The summed E-state index contributed by atoms with van der Waals surface area (Å²) in [7, 11) is 4.17. The molecule has 1 fully saturated rings. The molecule has 1 aliphatic heterocycles. The Morgan fingerprint density at radius 1 is 1.48 bits per heavy atom. The number of halogens is 1. The zero-order chi connectivity index (χ0) is 15.2. The summed E-state index contributed by atoms with van der Waals surface area (Å²) in [6.07, 6.45) is 5.03. The van der Waals surface area contributed by atoms with E-state index in [0.717, 1.165) is 32.5 Å². The highest BCUT2D eigenvalue weighted by atomic mass is 19.1. The molecule has 0 aromatic carbocycles. The zero-order valence-corrected chi connectivity index (χ0v) is 13.4. The molecule has 2 heterocycles. The largest absolute Gasteiger partial charge is 0.353 e. The van der Waals surface area contributed by atoms with E-state index in [1.165, 1.54) is 6.42 Å². The Kier molecular flexibility index (Phi) is 5.94. The highest BCUT2D eigenvalue weighted by molar-refractivity contribution is 5.43. The molecule has 0 bridgehead atoms. The van der Waals surface area contributed by atoms with Crippen molar-refractivity contribution in [1.29, 1.82) is 0 Å². The summed E-state index contributed by atoms with van der Waals surface area (Å²) in [6.45, 7) is 5.32. The normalized spacial score (nSPS) is 19.3. The molecule has 1 aromatic heterocycles. The molecule has 0 radical (unpaired) electrons. The molecular weight excluding hydrogens is 267 g/mol. The van der Waals surface area contributed by atoms with Crippen LogP contribution >= 0.6 is 0 Å². The standard InChI is InChI=1S/C16H27FN4/c1-4-8-18-11-13-7-9-19-16(15(13)17)21-10-5-6-14(12-21)20(2)3/h7,9,14,18H,4-6,8,10-12H2,1-3H3. The molecule has 5 heteroatoms. The molecule has 21 heavy (non-hydrogen) atoms. The van der Waals surface area contributed by atoms with Gasteiger partial charge in [0.2, 0.25) is 0 Å². The molecule has 4 nitrogen and oxygen atoms in total. The van der Waals surface area contributed by atoms with E-state index < -0.39 is 0 Å². The Morgan fingerprint density at radius 2 is 2.29 bits per heavy atom.